The Bertz CT molecular complexity index is 1280. The van der Waals surface area contributed by atoms with Crippen LogP contribution in [-0.2, 0) is 22.7 Å². The molecule has 0 amide bonds. The predicted molar refractivity (Wildman–Crippen MR) is 132 cm³/mol. The van der Waals surface area contributed by atoms with Crippen LogP contribution in [0.15, 0.2) is 67.3 Å². The summed E-state index contributed by atoms with van der Waals surface area (Å²) < 4.78 is 19.3. The van der Waals surface area contributed by atoms with E-state index in [1.807, 2.05) is 54.6 Å². The van der Waals surface area contributed by atoms with Gasteiger partial charge in [0, 0.05) is 5.92 Å². The molecule has 1 saturated carbocycles. The first kappa shape index (κ1) is 24.1. The number of ether oxygens (including phenoxy) is 3. The number of benzene rings is 2. The summed E-state index contributed by atoms with van der Waals surface area (Å²) in [5, 5.41) is 22.2. The van der Waals surface area contributed by atoms with Crippen LogP contribution in [0, 0.1) is 5.92 Å². The number of nitrogens with zero attached hydrogens (tertiary/aromatic N) is 4. The lowest BCUT2D eigenvalue weighted by Crippen LogP contribution is -2.33. The Balaban J connectivity index is 1.41. The topological polar surface area (TPSA) is 138 Å². The summed E-state index contributed by atoms with van der Waals surface area (Å²) >= 11 is 0. The predicted octanol–water partition coefficient (Wildman–Crippen LogP) is 2.11. The van der Waals surface area contributed by atoms with E-state index in [0.29, 0.717) is 17.8 Å². The Kier molecular flexibility index (Phi) is 7.10. The maximum atomic E-state index is 11.2. The van der Waals surface area contributed by atoms with Crippen molar-refractivity contribution in [3.05, 3.63) is 78.4 Å². The van der Waals surface area contributed by atoms with Crippen LogP contribution in [0.25, 0.3) is 11.2 Å². The van der Waals surface area contributed by atoms with Crippen molar-refractivity contribution in [2.45, 2.75) is 37.6 Å². The van der Waals surface area contributed by atoms with Gasteiger partial charge in [-0.1, -0.05) is 42.5 Å². The van der Waals surface area contributed by atoms with Gasteiger partial charge in [0.1, 0.15) is 23.7 Å². The molecule has 5 rings (SSSR count). The first-order valence-corrected chi connectivity index (χ1v) is 11.7. The number of anilines is 1. The minimum atomic E-state index is -1.13. The van der Waals surface area contributed by atoms with Crippen molar-refractivity contribution in [3.8, 4) is 5.75 Å². The van der Waals surface area contributed by atoms with Crippen LogP contribution in [0.2, 0.25) is 0 Å². The zero-order valence-electron chi connectivity index (χ0n) is 19.8. The van der Waals surface area contributed by atoms with Gasteiger partial charge in [-0.15, -0.1) is 0 Å². The second-order valence-corrected chi connectivity index (χ2v) is 8.84. The molecule has 0 saturated heterocycles. The van der Waals surface area contributed by atoms with Crippen molar-refractivity contribution < 1.29 is 24.4 Å². The Morgan fingerprint density at radius 1 is 0.917 bits per heavy atom. The van der Waals surface area contributed by atoms with Crippen molar-refractivity contribution in [1.29, 1.82) is 0 Å². The first-order valence-electron chi connectivity index (χ1n) is 11.7. The molecule has 0 aliphatic heterocycles. The van der Waals surface area contributed by atoms with Crippen LogP contribution in [0.3, 0.4) is 0 Å². The van der Waals surface area contributed by atoms with E-state index in [0.717, 1.165) is 16.9 Å². The lowest BCUT2D eigenvalue weighted by atomic mass is 10.0. The second-order valence-electron chi connectivity index (χ2n) is 8.84. The molecule has 2 aromatic heterocycles. The number of hydrogen-bond acceptors (Lipinski definition) is 9. The number of nitrogen functional groups attached to an aromatic ring is 1. The van der Waals surface area contributed by atoms with E-state index in [1.165, 1.54) is 6.33 Å². The minimum Gasteiger partial charge on any atom is -0.497 e. The highest BCUT2D eigenvalue weighted by atomic mass is 16.5. The third-order valence-corrected chi connectivity index (χ3v) is 6.63. The van der Waals surface area contributed by atoms with Gasteiger partial charge in [0.25, 0.3) is 0 Å². The number of aromatic nitrogens is 4. The van der Waals surface area contributed by atoms with Gasteiger partial charge in [-0.25, -0.2) is 15.0 Å². The average molecular weight is 492 g/mol. The number of methoxy groups -OCH3 is 1. The van der Waals surface area contributed by atoms with E-state index >= 15 is 0 Å². The molecule has 188 valence electrons. The van der Waals surface area contributed by atoms with E-state index in [1.54, 1.807) is 18.0 Å². The third kappa shape index (κ3) is 4.76. The van der Waals surface area contributed by atoms with Crippen LogP contribution < -0.4 is 10.5 Å². The molecule has 2 heterocycles. The number of fused-ring (bicyclic) bond motifs is 1. The molecular weight excluding hydrogens is 462 g/mol. The molecule has 5 atom stereocenters. The van der Waals surface area contributed by atoms with Gasteiger partial charge in [0.05, 0.1) is 51.5 Å². The monoisotopic (exact) mass is 491 g/mol. The summed E-state index contributed by atoms with van der Waals surface area (Å²) in [6, 6.07) is 16.7. The highest BCUT2D eigenvalue weighted by Gasteiger charge is 2.51. The van der Waals surface area contributed by atoms with Gasteiger partial charge >= 0.3 is 0 Å². The summed E-state index contributed by atoms with van der Waals surface area (Å²) in [7, 11) is 1.61. The molecule has 1 aliphatic carbocycles. The van der Waals surface area contributed by atoms with E-state index in [4.69, 9.17) is 19.9 Å². The summed E-state index contributed by atoms with van der Waals surface area (Å²) in [5.74, 6) is 0.492. The normalized spacial score (nSPS) is 23.8. The van der Waals surface area contributed by atoms with Crippen LogP contribution in [0.4, 0.5) is 5.82 Å². The summed E-state index contributed by atoms with van der Waals surface area (Å²) in [6.45, 7) is 0.845. The molecule has 4 aromatic rings. The average Bonchev–Trinajstić information content (AvgIpc) is 3.43. The molecule has 0 radical (unpaired) electrons. The largest absolute Gasteiger partial charge is 0.497 e. The van der Waals surface area contributed by atoms with Gasteiger partial charge in [0.2, 0.25) is 0 Å². The standard InChI is InChI=1S/C26H29N5O5/c1-34-18-9-7-17(8-10-18)12-36-24-19(13-35-11-16-5-3-2-4-6-16)22(32)23(33)21(24)31-15-30-20-25(27)28-14-29-26(20)31/h2-10,14-15,19,21-24,32-33H,11-13H2,1H3,(H2,27,28,29)/t19-,21+,22-,23+,24-/m0/s1. The molecule has 4 N–H and O–H groups in total. The van der Waals surface area contributed by atoms with Crippen molar-refractivity contribution in [2.75, 3.05) is 19.5 Å². The van der Waals surface area contributed by atoms with Crippen molar-refractivity contribution in [2.24, 2.45) is 5.92 Å². The molecular formula is C26H29N5O5. The maximum Gasteiger partial charge on any atom is 0.165 e. The second kappa shape index (κ2) is 10.6. The maximum absolute atomic E-state index is 11.2. The van der Waals surface area contributed by atoms with Crippen molar-refractivity contribution in [1.82, 2.24) is 19.5 Å². The van der Waals surface area contributed by atoms with Crippen molar-refractivity contribution >= 4 is 17.0 Å². The zero-order chi connectivity index (χ0) is 25.1. The molecule has 1 fully saturated rings. The summed E-state index contributed by atoms with van der Waals surface area (Å²) in [6.07, 6.45) is 0.0867. The number of hydrogen-bond donors (Lipinski definition) is 3. The lowest BCUT2D eigenvalue weighted by molar-refractivity contribution is -0.0568. The fourth-order valence-electron chi connectivity index (χ4n) is 4.73. The molecule has 36 heavy (non-hydrogen) atoms. The van der Waals surface area contributed by atoms with Crippen LogP contribution in [0.5, 0.6) is 5.75 Å². The first-order chi connectivity index (χ1) is 17.6. The van der Waals surface area contributed by atoms with Crippen LogP contribution in [-0.4, -0.2) is 61.8 Å². The molecule has 0 bridgehead atoms. The van der Waals surface area contributed by atoms with Gasteiger partial charge < -0.3 is 34.7 Å². The number of aliphatic hydroxyl groups excluding tert-OH is 2. The Morgan fingerprint density at radius 2 is 1.67 bits per heavy atom. The molecule has 10 nitrogen and oxygen atoms in total. The highest BCUT2D eigenvalue weighted by molar-refractivity contribution is 5.81. The highest BCUT2D eigenvalue weighted by Crippen LogP contribution is 2.40. The molecule has 2 aromatic carbocycles. The molecule has 0 unspecified atom stereocenters. The molecule has 1 aliphatic rings. The minimum absolute atomic E-state index is 0.195. The van der Waals surface area contributed by atoms with Gasteiger partial charge in [-0.05, 0) is 23.3 Å². The number of imidazole rings is 1. The number of rotatable bonds is 9. The fraction of sp³-hybridized carbons (Fsp3) is 0.346. The quantitative estimate of drug-likeness (QED) is 0.321. The van der Waals surface area contributed by atoms with E-state index < -0.39 is 30.3 Å². The van der Waals surface area contributed by atoms with Gasteiger partial charge in [-0.2, -0.15) is 0 Å². The molecule has 0 spiro atoms. The van der Waals surface area contributed by atoms with E-state index in [-0.39, 0.29) is 19.0 Å². The van der Waals surface area contributed by atoms with E-state index in [9.17, 15) is 10.2 Å². The Hall–Kier alpha value is -3.57. The third-order valence-electron chi connectivity index (χ3n) is 6.63. The molecule has 10 heteroatoms. The van der Waals surface area contributed by atoms with Crippen LogP contribution in [0.1, 0.15) is 17.2 Å². The smallest absolute Gasteiger partial charge is 0.165 e. The Labute approximate surface area is 208 Å². The zero-order valence-corrected chi connectivity index (χ0v) is 19.8. The number of nitrogens with two attached hydrogens (primary N) is 1. The van der Waals surface area contributed by atoms with Gasteiger partial charge in [-0.3, -0.25) is 0 Å². The lowest BCUT2D eigenvalue weighted by Gasteiger charge is -2.27. The SMILES string of the molecule is COc1ccc(CO[C@H]2[C@@H](COCc3ccccc3)[C@H](O)[C@H](O)[C@H]2n2cnc3c(N)ncnc32)cc1. The number of aliphatic hydroxyl groups is 2. The van der Waals surface area contributed by atoms with E-state index in [2.05, 4.69) is 15.0 Å². The fourth-order valence-corrected chi connectivity index (χ4v) is 4.73. The summed E-state index contributed by atoms with van der Waals surface area (Å²) in [4.78, 5) is 12.7. The van der Waals surface area contributed by atoms with Crippen molar-refractivity contribution in [3.63, 3.8) is 0 Å². The Morgan fingerprint density at radius 3 is 2.42 bits per heavy atom. The van der Waals surface area contributed by atoms with Crippen LogP contribution >= 0.6 is 0 Å². The van der Waals surface area contributed by atoms with Gasteiger partial charge in [0.15, 0.2) is 11.5 Å². The summed E-state index contributed by atoms with van der Waals surface area (Å²) in [5.41, 5.74) is 8.81.